The van der Waals surface area contributed by atoms with E-state index < -0.39 is 0 Å². The van der Waals surface area contributed by atoms with Crippen LogP contribution in [0.3, 0.4) is 0 Å². The van der Waals surface area contributed by atoms with E-state index in [2.05, 4.69) is 20.9 Å². The monoisotopic (exact) mass is 267 g/mol. The van der Waals surface area contributed by atoms with Gasteiger partial charge in [0.05, 0.1) is 0 Å². The molecule has 1 aromatic carbocycles. The second-order valence-electron chi connectivity index (χ2n) is 3.17. The quantitative estimate of drug-likeness (QED) is 0.856. The summed E-state index contributed by atoms with van der Waals surface area (Å²) in [5, 5.41) is 0. The van der Waals surface area contributed by atoms with Crippen molar-refractivity contribution >= 4 is 15.9 Å². The van der Waals surface area contributed by atoms with Gasteiger partial charge in [0.25, 0.3) is 0 Å². The summed E-state index contributed by atoms with van der Waals surface area (Å²) >= 11 is 3.21. The molecule has 1 heterocycles. The molecule has 0 unspecified atom stereocenters. The van der Waals surface area contributed by atoms with E-state index in [-0.39, 0.29) is 0 Å². The van der Waals surface area contributed by atoms with Gasteiger partial charge in [0, 0.05) is 0 Å². The highest BCUT2D eigenvalue weighted by Crippen LogP contribution is 2.14. The Hall–Kier alpha value is -1.29. The molecule has 4 heteroatoms. The van der Waals surface area contributed by atoms with E-state index in [9.17, 15) is 0 Å². The average molecular weight is 268 g/mol. The van der Waals surface area contributed by atoms with E-state index in [1.54, 1.807) is 0 Å². The summed E-state index contributed by atoms with van der Waals surface area (Å²) in [5.74, 6) is 1.37. The van der Waals surface area contributed by atoms with E-state index in [1.165, 1.54) is 11.8 Å². The molecule has 0 spiro atoms. The maximum atomic E-state index is 5.48. The molecular formula is C11H10BrNO2. The zero-order valence-corrected chi connectivity index (χ0v) is 9.82. The smallest absolute Gasteiger partial charge is 0.233 e. The highest BCUT2D eigenvalue weighted by Gasteiger charge is 2.02. The van der Waals surface area contributed by atoms with Crippen LogP contribution in [-0.4, -0.2) is 4.98 Å². The van der Waals surface area contributed by atoms with Crippen molar-refractivity contribution in [3.05, 3.63) is 46.6 Å². The molecule has 0 aliphatic rings. The fraction of sp³-hybridized carbons (Fsp3) is 0.182. The number of benzene rings is 1. The van der Waals surface area contributed by atoms with E-state index in [4.69, 9.17) is 9.15 Å². The lowest BCUT2D eigenvalue weighted by molar-refractivity contribution is 0.263. The summed E-state index contributed by atoms with van der Waals surface area (Å²) in [6.45, 7) is 2.38. The Morgan fingerprint density at radius 3 is 2.67 bits per heavy atom. The summed E-state index contributed by atoms with van der Waals surface area (Å²) in [5.41, 5.74) is 1.21. The van der Waals surface area contributed by atoms with Crippen LogP contribution in [0.4, 0.5) is 0 Å². The van der Waals surface area contributed by atoms with Gasteiger partial charge >= 0.3 is 0 Å². The largest absolute Gasteiger partial charge is 0.484 e. The van der Waals surface area contributed by atoms with Crippen molar-refractivity contribution in [1.29, 1.82) is 0 Å². The van der Waals surface area contributed by atoms with Crippen molar-refractivity contribution in [1.82, 2.24) is 4.98 Å². The Kier molecular flexibility index (Phi) is 3.06. The van der Waals surface area contributed by atoms with Gasteiger partial charge in [0.1, 0.15) is 16.6 Å². The first kappa shape index (κ1) is 10.2. The minimum absolute atomic E-state index is 0.342. The molecule has 3 nitrogen and oxygen atoms in total. The summed E-state index contributed by atoms with van der Waals surface area (Å²) < 4.78 is 11.3. The molecule has 0 bridgehead atoms. The van der Waals surface area contributed by atoms with Crippen molar-refractivity contribution in [3.63, 3.8) is 0 Å². The molecule has 78 valence electrons. The van der Waals surface area contributed by atoms with Crippen molar-refractivity contribution in [2.24, 2.45) is 0 Å². The molecule has 0 amide bonds. The molecule has 0 N–H and O–H groups in total. The molecule has 0 saturated heterocycles. The van der Waals surface area contributed by atoms with Crippen molar-refractivity contribution in [2.45, 2.75) is 13.5 Å². The zero-order chi connectivity index (χ0) is 10.7. The number of hydrogen-bond acceptors (Lipinski definition) is 3. The number of nitrogens with zero attached hydrogens (tertiary/aromatic N) is 1. The Morgan fingerprint density at radius 1 is 1.33 bits per heavy atom. The van der Waals surface area contributed by atoms with Gasteiger partial charge in [0.2, 0.25) is 5.89 Å². The summed E-state index contributed by atoms with van der Waals surface area (Å²) in [6.07, 6.45) is 1.54. The van der Waals surface area contributed by atoms with Crippen LogP contribution in [-0.2, 0) is 6.61 Å². The second-order valence-corrected chi connectivity index (χ2v) is 3.98. The normalized spacial score (nSPS) is 10.3. The van der Waals surface area contributed by atoms with Crippen LogP contribution in [0.2, 0.25) is 0 Å². The van der Waals surface area contributed by atoms with Crippen LogP contribution in [0, 0.1) is 6.92 Å². The molecule has 0 atom stereocenters. The number of rotatable bonds is 3. The first-order valence-corrected chi connectivity index (χ1v) is 5.33. The van der Waals surface area contributed by atoms with E-state index >= 15 is 0 Å². The van der Waals surface area contributed by atoms with Gasteiger partial charge < -0.3 is 9.15 Å². The average Bonchev–Trinajstić information content (AvgIpc) is 2.64. The first-order chi connectivity index (χ1) is 7.24. The predicted molar refractivity (Wildman–Crippen MR) is 59.7 cm³/mol. The third-order valence-corrected chi connectivity index (χ3v) is 2.27. The van der Waals surface area contributed by atoms with Gasteiger partial charge in [-0.05, 0) is 35.0 Å². The fourth-order valence-corrected chi connectivity index (χ4v) is 1.43. The minimum Gasteiger partial charge on any atom is -0.484 e. The van der Waals surface area contributed by atoms with Gasteiger partial charge in [-0.1, -0.05) is 17.7 Å². The van der Waals surface area contributed by atoms with Gasteiger partial charge in [-0.2, -0.15) is 0 Å². The molecule has 0 saturated carbocycles. The molecule has 0 fully saturated rings. The van der Waals surface area contributed by atoms with Crippen molar-refractivity contribution in [2.75, 3.05) is 0 Å². The maximum Gasteiger partial charge on any atom is 0.233 e. The SMILES string of the molecule is Cc1ccc(OCc2nc(Br)co2)cc1. The van der Waals surface area contributed by atoms with E-state index in [0.717, 1.165) is 5.75 Å². The number of halogens is 1. The van der Waals surface area contributed by atoms with Crippen LogP contribution in [0.15, 0.2) is 39.5 Å². The van der Waals surface area contributed by atoms with Crippen molar-refractivity contribution < 1.29 is 9.15 Å². The summed E-state index contributed by atoms with van der Waals surface area (Å²) in [4.78, 5) is 4.07. The molecule has 2 rings (SSSR count). The zero-order valence-electron chi connectivity index (χ0n) is 8.24. The Balaban J connectivity index is 1.96. The number of oxazole rings is 1. The van der Waals surface area contributed by atoms with Gasteiger partial charge in [0.15, 0.2) is 6.61 Å². The summed E-state index contributed by atoms with van der Waals surface area (Å²) in [6, 6.07) is 7.85. The highest BCUT2D eigenvalue weighted by atomic mass is 79.9. The topological polar surface area (TPSA) is 35.3 Å². The van der Waals surface area contributed by atoms with Crippen LogP contribution >= 0.6 is 15.9 Å². The second kappa shape index (κ2) is 4.49. The third-order valence-electron chi connectivity index (χ3n) is 1.91. The van der Waals surface area contributed by atoms with Crippen LogP contribution in [0.5, 0.6) is 5.75 Å². The fourth-order valence-electron chi connectivity index (χ4n) is 1.13. The van der Waals surface area contributed by atoms with Crippen LogP contribution in [0.1, 0.15) is 11.5 Å². The molecule has 15 heavy (non-hydrogen) atoms. The number of aromatic nitrogens is 1. The van der Waals surface area contributed by atoms with E-state index in [0.29, 0.717) is 17.1 Å². The van der Waals surface area contributed by atoms with Crippen molar-refractivity contribution in [3.8, 4) is 5.75 Å². The standard InChI is InChI=1S/C11H10BrNO2/c1-8-2-4-9(5-3-8)14-7-11-13-10(12)6-15-11/h2-6H,7H2,1H3. The molecular weight excluding hydrogens is 258 g/mol. The van der Waals surface area contributed by atoms with Gasteiger partial charge in [-0.25, -0.2) is 4.98 Å². The molecule has 0 aliphatic heterocycles. The molecule has 0 aliphatic carbocycles. The highest BCUT2D eigenvalue weighted by molar-refractivity contribution is 9.10. The molecule has 1 aromatic heterocycles. The molecule has 2 aromatic rings. The lowest BCUT2D eigenvalue weighted by Gasteiger charge is -2.02. The van der Waals surface area contributed by atoms with Crippen LogP contribution < -0.4 is 4.74 Å². The minimum atomic E-state index is 0.342. The maximum absolute atomic E-state index is 5.48. The predicted octanol–water partition coefficient (Wildman–Crippen LogP) is 3.32. The Bertz CT molecular complexity index is 436. The van der Waals surface area contributed by atoms with Gasteiger partial charge in [-0.3, -0.25) is 0 Å². The van der Waals surface area contributed by atoms with Crippen LogP contribution in [0.25, 0.3) is 0 Å². The number of ether oxygens (including phenoxy) is 1. The summed E-state index contributed by atoms with van der Waals surface area (Å²) in [7, 11) is 0. The lowest BCUT2D eigenvalue weighted by Crippen LogP contribution is -1.95. The number of aryl methyl sites for hydroxylation is 1. The Labute approximate surface area is 96.2 Å². The van der Waals surface area contributed by atoms with E-state index in [1.807, 2.05) is 31.2 Å². The lowest BCUT2D eigenvalue weighted by atomic mass is 10.2. The third kappa shape index (κ3) is 2.83. The Morgan fingerprint density at radius 2 is 2.07 bits per heavy atom. The van der Waals surface area contributed by atoms with Gasteiger partial charge in [-0.15, -0.1) is 0 Å². The first-order valence-electron chi connectivity index (χ1n) is 4.53. The number of hydrogen-bond donors (Lipinski definition) is 0. The molecule has 0 radical (unpaired) electrons.